The minimum absolute atomic E-state index is 0.146. The molecule has 2 saturated heterocycles. The Morgan fingerprint density at radius 1 is 1.31 bits per heavy atom. The van der Waals surface area contributed by atoms with Gasteiger partial charge in [0.05, 0.1) is 11.6 Å². The van der Waals surface area contributed by atoms with Gasteiger partial charge in [-0.05, 0) is 30.7 Å². The molecule has 0 spiro atoms. The molecule has 0 aliphatic carbocycles. The molecule has 2 unspecified atom stereocenters. The van der Waals surface area contributed by atoms with Crippen LogP contribution in [0, 0.1) is 0 Å². The molecule has 2 atom stereocenters. The molecule has 0 radical (unpaired) electrons. The molecule has 3 amide bonds. The van der Waals surface area contributed by atoms with Gasteiger partial charge in [-0.2, -0.15) is 5.10 Å². The highest BCUT2D eigenvalue weighted by Gasteiger charge is 2.30. The molecule has 138 valence electrons. The summed E-state index contributed by atoms with van der Waals surface area (Å²) in [6.45, 7) is 2.16. The fourth-order valence-corrected chi connectivity index (χ4v) is 3.91. The molecule has 2 aliphatic heterocycles. The summed E-state index contributed by atoms with van der Waals surface area (Å²) >= 11 is 0. The van der Waals surface area contributed by atoms with Crippen LogP contribution in [0.2, 0.25) is 0 Å². The fourth-order valence-electron chi connectivity index (χ4n) is 3.91. The molecule has 4 rings (SSSR count). The van der Waals surface area contributed by atoms with Crippen LogP contribution in [-0.4, -0.2) is 54.6 Å². The zero-order chi connectivity index (χ0) is 18.3. The number of piperidine rings is 1. The Balaban J connectivity index is 1.71. The van der Waals surface area contributed by atoms with E-state index in [1.807, 2.05) is 13.1 Å². The van der Waals surface area contributed by atoms with E-state index in [9.17, 15) is 9.59 Å². The molecule has 0 saturated carbocycles. The van der Waals surface area contributed by atoms with Crippen LogP contribution >= 0.6 is 0 Å². The van der Waals surface area contributed by atoms with Crippen LogP contribution < -0.4 is 15.5 Å². The summed E-state index contributed by atoms with van der Waals surface area (Å²) in [5, 5.41) is 11.2. The number of hydrogen-bond acceptors (Lipinski definition) is 5. The third-order valence-corrected chi connectivity index (χ3v) is 5.32. The van der Waals surface area contributed by atoms with E-state index in [-0.39, 0.29) is 18.4 Å². The van der Waals surface area contributed by atoms with Gasteiger partial charge in [-0.3, -0.25) is 19.7 Å². The number of hydrogen-bond donors (Lipinski definition) is 2. The van der Waals surface area contributed by atoms with E-state index in [4.69, 9.17) is 4.74 Å². The maximum absolute atomic E-state index is 12.2. The van der Waals surface area contributed by atoms with Gasteiger partial charge in [0, 0.05) is 45.0 Å². The lowest BCUT2D eigenvalue weighted by Crippen LogP contribution is -2.49. The zero-order valence-electron chi connectivity index (χ0n) is 15.0. The normalized spacial score (nSPS) is 24.2. The van der Waals surface area contributed by atoms with Gasteiger partial charge < -0.3 is 10.1 Å². The summed E-state index contributed by atoms with van der Waals surface area (Å²) in [7, 11) is 3.63. The second-order valence-corrected chi connectivity index (χ2v) is 6.85. The minimum Gasteiger partial charge on any atom is -0.379 e. The van der Waals surface area contributed by atoms with Crippen LogP contribution in [0.1, 0.15) is 24.3 Å². The summed E-state index contributed by atoms with van der Waals surface area (Å²) in [5.74, 6) is 0.679. The molecule has 2 N–H and O–H groups in total. The number of carbonyl (C=O) groups excluding carboxylic acids is 2. The molecule has 8 heteroatoms. The molecule has 1 aromatic carbocycles. The summed E-state index contributed by atoms with van der Waals surface area (Å²) in [5.41, 5.74) is 2.19. The monoisotopic (exact) mass is 357 g/mol. The molecule has 2 aromatic rings. The van der Waals surface area contributed by atoms with Crippen molar-refractivity contribution in [2.24, 2.45) is 7.05 Å². The van der Waals surface area contributed by atoms with Crippen LogP contribution in [-0.2, 0) is 16.6 Å². The van der Waals surface area contributed by atoms with Crippen LogP contribution in [0.4, 0.5) is 10.6 Å². The summed E-state index contributed by atoms with van der Waals surface area (Å²) < 4.78 is 7.44. The number of urea groups is 1. The number of aromatic nitrogens is 2. The Bertz CT molecular complexity index is 862. The number of imide groups is 1. The Kier molecular flexibility index (Phi) is 4.37. The first-order valence-corrected chi connectivity index (χ1v) is 8.90. The number of amides is 3. The maximum Gasteiger partial charge on any atom is 0.329 e. The molecular weight excluding hydrogens is 334 g/mol. The van der Waals surface area contributed by atoms with Crippen LogP contribution in [0.5, 0.6) is 0 Å². The number of fused-ring (bicyclic) bond motifs is 1. The molecular formula is C18H23N5O3. The van der Waals surface area contributed by atoms with Gasteiger partial charge in [0.15, 0.2) is 5.82 Å². The van der Waals surface area contributed by atoms with Crippen molar-refractivity contribution >= 4 is 28.7 Å². The lowest BCUT2D eigenvalue weighted by atomic mass is 9.87. The van der Waals surface area contributed by atoms with Crippen molar-refractivity contribution in [1.82, 2.24) is 20.4 Å². The highest BCUT2D eigenvalue weighted by molar-refractivity contribution is 6.08. The van der Waals surface area contributed by atoms with E-state index >= 15 is 0 Å². The van der Waals surface area contributed by atoms with E-state index in [2.05, 4.69) is 27.9 Å². The lowest BCUT2D eigenvalue weighted by Gasteiger charge is -2.31. The highest BCUT2D eigenvalue weighted by atomic mass is 16.5. The van der Waals surface area contributed by atoms with E-state index in [1.165, 1.54) is 10.5 Å². The number of rotatable bonds is 3. The van der Waals surface area contributed by atoms with E-state index in [0.717, 1.165) is 30.4 Å². The molecule has 26 heavy (non-hydrogen) atoms. The second kappa shape index (κ2) is 6.69. The van der Waals surface area contributed by atoms with Crippen LogP contribution in [0.15, 0.2) is 18.2 Å². The third kappa shape index (κ3) is 2.85. The minimum atomic E-state index is -0.414. The number of benzene rings is 1. The predicted molar refractivity (Wildman–Crippen MR) is 97.2 cm³/mol. The van der Waals surface area contributed by atoms with Gasteiger partial charge in [0.2, 0.25) is 5.91 Å². The van der Waals surface area contributed by atoms with Crippen LogP contribution in [0.3, 0.4) is 0 Å². The SMILES string of the molecule is COC1CNCCC1c1ccc2c(N3CCC(=O)NC3=O)nn(C)c2c1. The Morgan fingerprint density at radius 2 is 2.15 bits per heavy atom. The first-order chi connectivity index (χ1) is 12.6. The average molecular weight is 357 g/mol. The number of nitrogens with zero attached hydrogens (tertiary/aromatic N) is 3. The van der Waals surface area contributed by atoms with Gasteiger partial charge in [-0.1, -0.05) is 6.07 Å². The van der Waals surface area contributed by atoms with Crippen molar-refractivity contribution in [3.8, 4) is 0 Å². The van der Waals surface area contributed by atoms with Crippen molar-refractivity contribution < 1.29 is 14.3 Å². The number of nitrogens with one attached hydrogen (secondary N) is 2. The maximum atomic E-state index is 12.2. The van der Waals surface area contributed by atoms with Gasteiger partial charge >= 0.3 is 6.03 Å². The fraction of sp³-hybridized carbons (Fsp3) is 0.500. The quantitative estimate of drug-likeness (QED) is 0.859. The number of carbonyl (C=O) groups is 2. The molecule has 2 fully saturated rings. The number of aryl methyl sites for hydroxylation is 1. The van der Waals surface area contributed by atoms with E-state index in [1.54, 1.807) is 11.8 Å². The molecule has 8 nitrogen and oxygen atoms in total. The van der Waals surface area contributed by atoms with Crippen molar-refractivity contribution in [3.05, 3.63) is 23.8 Å². The van der Waals surface area contributed by atoms with Crippen molar-refractivity contribution in [1.29, 1.82) is 0 Å². The Labute approximate surface area is 151 Å². The number of ether oxygens (including phenoxy) is 1. The predicted octanol–water partition coefficient (Wildman–Crippen LogP) is 1.11. The lowest BCUT2D eigenvalue weighted by molar-refractivity contribution is -0.120. The summed E-state index contributed by atoms with van der Waals surface area (Å²) in [6, 6.07) is 5.84. The van der Waals surface area contributed by atoms with Gasteiger partial charge in [0.25, 0.3) is 0 Å². The Hall–Kier alpha value is -2.45. The molecule has 1 aromatic heterocycles. The van der Waals surface area contributed by atoms with Crippen molar-refractivity contribution in [2.75, 3.05) is 31.6 Å². The Morgan fingerprint density at radius 3 is 2.92 bits per heavy atom. The molecule has 2 aliphatic rings. The highest BCUT2D eigenvalue weighted by Crippen LogP contribution is 2.33. The zero-order valence-corrected chi connectivity index (χ0v) is 15.0. The average Bonchev–Trinajstić information content (AvgIpc) is 2.97. The molecule has 0 bridgehead atoms. The second-order valence-electron chi connectivity index (χ2n) is 6.85. The molecule has 3 heterocycles. The summed E-state index contributed by atoms with van der Waals surface area (Å²) in [4.78, 5) is 25.1. The van der Waals surface area contributed by atoms with E-state index in [0.29, 0.717) is 18.3 Å². The van der Waals surface area contributed by atoms with Crippen LogP contribution in [0.25, 0.3) is 10.9 Å². The smallest absolute Gasteiger partial charge is 0.329 e. The van der Waals surface area contributed by atoms with Crippen molar-refractivity contribution in [3.63, 3.8) is 0 Å². The standard InChI is InChI=1S/C18H23N5O3/c1-22-14-9-11(12-5-7-19-10-15(12)26-2)3-4-13(14)17(21-22)23-8-6-16(24)20-18(23)25/h3-4,9,12,15,19H,5-8,10H2,1-2H3,(H,20,24,25). The first-order valence-electron chi connectivity index (χ1n) is 8.90. The third-order valence-electron chi connectivity index (χ3n) is 5.32. The van der Waals surface area contributed by atoms with Gasteiger partial charge in [-0.25, -0.2) is 4.79 Å². The summed E-state index contributed by atoms with van der Waals surface area (Å²) in [6.07, 6.45) is 1.45. The van der Waals surface area contributed by atoms with Crippen molar-refractivity contribution in [2.45, 2.75) is 24.9 Å². The largest absolute Gasteiger partial charge is 0.379 e. The number of methoxy groups -OCH3 is 1. The van der Waals surface area contributed by atoms with Gasteiger partial charge in [-0.15, -0.1) is 0 Å². The van der Waals surface area contributed by atoms with Gasteiger partial charge in [0.1, 0.15) is 0 Å². The van der Waals surface area contributed by atoms with E-state index < -0.39 is 6.03 Å². The first kappa shape index (κ1) is 17.0. The topological polar surface area (TPSA) is 88.5 Å². The number of anilines is 1.